The van der Waals surface area contributed by atoms with Crippen molar-refractivity contribution < 1.29 is 17.7 Å². The molecule has 0 fully saturated rings. The number of hydrogen-bond donors (Lipinski definition) is 2. The van der Waals surface area contributed by atoms with Gasteiger partial charge in [0.25, 0.3) is 10.1 Å². The molecule has 7 heteroatoms. The monoisotopic (exact) mass is 298 g/mol. The van der Waals surface area contributed by atoms with Crippen molar-refractivity contribution >= 4 is 10.1 Å². The third-order valence-electron chi connectivity index (χ3n) is 2.64. The second-order valence-electron chi connectivity index (χ2n) is 5.27. The predicted molar refractivity (Wildman–Crippen MR) is 74.9 cm³/mol. The molecule has 0 spiro atoms. The molecule has 0 radical (unpaired) electrons. The van der Waals surface area contributed by atoms with E-state index in [1.165, 1.54) is 0 Å². The van der Waals surface area contributed by atoms with Gasteiger partial charge in [-0.2, -0.15) is 13.7 Å². The first-order valence-corrected chi connectivity index (χ1v) is 7.78. The van der Waals surface area contributed by atoms with Gasteiger partial charge in [0.05, 0.1) is 17.9 Å². The molecule has 0 saturated carbocycles. The molecule has 1 aliphatic heterocycles. The molecule has 0 saturated heterocycles. The minimum absolute atomic E-state index is 0.0444. The second-order valence-corrected chi connectivity index (χ2v) is 6.74. The van der Waals surface area contributed by atoms with Crippen molar-refractivity contribution in [1.29, 1.82) is 5.26 Å². The van der Waals surface area contributed by atoms with Gasteiger partial charge in [0.1, 0.15) is 11.4 Å². The molecule has 20 heavy (non-hydrogen) atoms. The Morgan fingerprint density at radius 2 is 2.05 bits per heavy atom. The molecule has 1 aromatic rings. The number of nitrogens with zero attached hydrogens (tertiary/aromatic N) is 1. The summed E-state index contributed by atoms with van der Waals surface area (Å²) in [5.74, 6) is 0.803. The molecule has 1 atom stereocenters. The van der Waals surface area contributed by atoms with E-state index in [0.717, 1.165) is 17.7 Å². The van der Waals surface area contributed by atoms with Crippen LogP contribution in [0.5, 0.6) is 5.75 Å². The molecule has 0 aromatic heterocycles. The Balaban J connectivity index is 0.000000347. The Labute approximate surface area is 118 Å². The number of hydrogen-bond acceptors (Lipinski definition) is 5. The first-order chi connectivity index (χ1) is 9.02. The molecule has 3 N–H and O–H groups in total. The van der Waals surface area contributed by atoms with E-state index in [9.17, 15) is 8.42 Å². The molecule has 0 aliphatic carbocycles. The first kappa shape index (κ1) is 16.4. The lowest BCUT2D eigenvalue weighted by molar-refractivity contribution is 0.0729. The van der Waals surface area contributed by atoms with Crippen molar-refractivity contribution in [2.75, 3.05) is 6.26 Å². The quantitative estimate of drug-likeness (QED) is 0.704. The van der Waals surface area contributed by atoms with Crippen LogP contribution in [0.2, 0.25) is 0 Å². The lowest BCUT2D eigenvalue weighted by Crippen LogP contribution is -2.37. The molecule has 110 valence electrons. The van der Waals surface area contributed by atoms with Crippen LogP contribution in [-0.2, 0) is 10.1 Å². The van der Waals surface area contributed by atoms with Gasteiger partial charge in [0.15, 0.2) is 0 Å². The zero-order valence-corrected chi connectivity index (χ0v) is 12.4. The molecule has 2 rings (SSSR count). The number of benzene rings is 1. The van der Waals surface area contributed by atoms with Crippen LogP contribution in [0.1, 0.15) is 37.4 Å². The van der Waals surface area contributed by atoms with Gasteiger partial charge in [-0.05, 0) is 32.0 Å². The maximum absolute atomic E-state index is 9.19. The minimum Gasteiger partial charge on any atom is -0.487 e. The van der Waals surface area contributed by atoms with Crippen molar-refractivity contribution in [3.05, 3.63) is 29.3 Å². The highest BCUT2D eigenvalue weighted by Gasteiger charge is 2.31. The Morgan fingerprint density at radius 1 is 1.50 bits per heavy atom. The average molecular weight is 298 g/mol. The van der Waals surface area contributed by atoms with Crippen LogP contribution < -0.4 is 10.5 Å². The minimum atomic E-state index is -3.67. The Morgan fingerprint density at radius 3 is 2.55 bits per heavy atom. The average Bonchev–Trinajstić information content (AvgIpc) is 2.25. The van der Waals surface area contributed by atoms with Crippen molar-refractivity contribution in [2.45, 2.75) is 31.9 Å². The topological polar surface area (TPSA) is 113 Å². The van der Waals surface area contributed by atoms with E-state index in [-0.39, 0.29) is 11.6 Å². The fraction of sp³-hybridized carbons (Fsp3) is 0.462. The number of nitriles is 1. The van der Waals surface area contributed by atoms with Gasteiger partial charge >= 0.3 is 0 Å². The summed E-state index contributed by atoms with van der Waals surface area (Å²) in [5, 5.41) is 8.80. The van der Waals surface area contributed by atoms with Crippen molar-refractivity contribution in [2.24, 2.45) is 5.73 Å². The number of fused-ring (bicyclic) bond motifs is 1. The van der Waals surface area contributed by atoms with Gasteiger partial charge in [-0.3, -0.25) is 4.55 Å². The highest BCUT2D eigenvalue weighted by Crippen LogP contribution is 2.38. The van der Waals surface area contributed by atoms with E-state index in [0.29, 0.717) is 11.8 Å². The van der Waals surface area contributed by atoms with E-state index in [4.69, 9.17) is 20.3 Å². The van der Waals surface area contributed by atoms with Crippen molar-refractivity contribution in [3.63, 3.8) is 0 Å². The molecule has 0 amide bonds. The predicted octanol–water partition coefficient (Wildman–Crippen LogP) is 1.62. The van der Waals surface area contributed by atoms with E-state index in [2.05, 4.69) is 6.07 Å². The molecule has 0 bridgehead atoms. The molecular formula is C13H18N2O4S. The molecule has 6 nitrogen and oxygen atoms in total. The maximum Gasteiger partial charge on any atom is 0.261 e. The highest BCUT2D eigenvalue weighted by atomic mass is 32.2. The summed E-state index contributed by atoms with van der Waals surface area (Å²) in [6, 6.07) is 7.46. The van der Waals surface area contributed by atoms with E-state index >= 15 is 0 Å². The first-order valence-electron chi connectivity index (χ1n) is 5.93. The van der Waals surface area contributed by atoms with Gasteiger partial charge in [0, 0.05) is 18.0 Å². The summed E-state index contributed by atoms with van der Waals surface area (Å²) >= 11 is 0. The number of ether oxygens (including phenoxy) is 1. The zero-order valence-electron chi connectivity index (χ0n) is 11.6. The normalized spacial score (nSPS) is 19.7. The Bertz CT molecular complexity index is 624. The third kappa shape index (κ3) is 5.17. The summed E-state index contributed by atoms with van der Waals surface area (Å²) in [7, 11) is -3.67. The van der Waals surface area contributed by atoms with Gasteiger partial charge in [-0.25, -0.2) is 0 Å². The number of rotatable bonds is 0. The van der Waals surface area contributed by atoms with Gasteiger partial charge in [-0.1, -0.05) is 0 Å². The lowest BCUT2D eigenvalue weighted by atomic mass is 9.89. The smallest absolute Gasteiger partial charge is 0.261 e. The van der Waals surface area contributed by atoms with Gasteiger partial charge in [0.2, 0.25) is 0 Å². The fourth-order valence-electron chi connectivity index (χ4n) is 1.98. The van der Waals surface area contributed by atoms with Crippen molar-refractivity contribution in [3.8, 4) is 11.8 Å². The lowest BCUT2D eigenvalue weighted by Gasteiger charge is -2.36. The van der Waals surface area contributed by atoms with Crippen LogP contribution in [0.15, 0.2) is 18.2 Å². The van der Waals surface area contributed by atoms with Gasteiger partial charge in [-0.15, -0.1) is 0 Å². The standard InChI is InChI=1S/C12H14N2O.CH4O3S/c1-12(2)6-10(14)9-5-8(7-13)3-4-11(9)15-12;1-5(2,3)4/h3-5,10H,6,14H2,1-2H3;1H3,(H,2,3,4). The largest absolute Gasteiger partial charge is 0.487 e. The number of nitrogens with two attached hydrogens (primary N) is 1. The molecule has 1 unspecified atom stereocenters. The Hall–Kier alpha value is -1.62. The van der Waals surface area contributed by atoms with Crippen LogP contribution in [0.25, 0.3) is 0 Å². The summed E-state index contributed by atoms with van der Waals surface area (Å²) in [6.45, 7) is 4.04. The zero-order chi connectivity index (χ0) is 15.6. The maximum atomic E-state index is 9.19. The molecular weight excluding hydrogens is 280 g/mol. The summed E-state index contributed by atoms with van der Waals surface area (Å²) in [4.78, 5) is 0. The second kappa shape index (κ2) is 5.79. The van der Waals surface area contributed by atoms with Crippen LogP contribution in [0.3, 0.4) is 0 Å². The SMILES string of the molecule is CC1(C)CC(N)c2cc(C#N)ccc2O1.CS(=O)(=O)O. The highest BCUT2D eigenvalue weighted by molar-refractivity contribution is 7.85. The van der Waals surface area contributed by atoms with Crippen molar-refractivity contribution in [1.82, 2.24) is 0 Å². The van der Waals surface area contributed by atoms with Crippen LogP contribution >= 0.6 is 0 Å². The fourth-order valence-corrected chi connectivity index (χ4v) is 1.98. The van der Waals surface area contributed by atoms with Crippen LogP contribution in [0, 0.1) is 11.3 Å². The van der Waals surface area contributed by atoms with Crippen LogP contribution in [0.4, 0.5) is 0 Å². The molecule has 1 aliphatic rings. The molecule has 1 aromatic carbocycles. The molecule has 1 heterocycles. The van der Waals surface area contributed by atoms with E-state index in [1.807, 2.05) is 26.0 Å². The van der Waals surface area contributed by atoms with E-state index < -0.39 is 10.1 Å². The summed E-state index contributed by atoms with van der Waals surface area (Å²) in [5.41, 5.74) is 7.40. The third-order valence-corrected chi connectivity index (χ3v) is 2.64. The summed E-state index contributed by atoms with van der Waals surface area (Å²) < 4.78 is 31.7. The van der Waals surface area contributed by atoms with E-state index in [1.54, 1.807) is 6.07 Å². The van der Waals surface area contributed by atoms with Gasteiger partial charge < -0.3 is 10.5 Å². The Kier molecular flexibility index (Phi) is 4.76. The summed E-state index contributed by atoms with van der Waals surface area (Å²) in [6.07, 6.45) is 1.49. The van der Waals surface area contributed by atoms with Crippen LogP contribution in [-0.4, -0.2) is 24.8 Å².